The minimum absolute atomic E-state index is 0.103. The maximum Gasteiger partial charge on any atom is 0.308 e. The second kappa shape index (κ2) is 5.91. The lowest BCUT2D eigenvalue weighted by molar-refractivity contribution is -0.136. The summed E-state index contributed by atoms with van der Waals surface area (Å²) in [4.78, 5) is 10.9. The predicted octanol–water partition coefficient (Wildman–Crippen LogP) is 2.66. The highest BCUT2D eigenvalue weighted by atomic mass is 79.9. The van der Waals surface area contributed by atoms with Crippen molar-refractivity contribution < 1.29 is 19.4 Å². The van der Waals surface area contributed by atoms with Crippen molar-refractivity contribution in [2.45, 2.75) is 19.8 Å². The highest BCUT2D eigenvalue weighted by Crippen LogP contribution is 2.39. The monoisotopic (exact) mass is 302 g/mol. The summed E-state index contributed by atoms with van der Waals surface area (Å²) in [7, 11) is 3.04. The van der Waals surface area contributed by atoms with Crippen molar-refractivity contribution in [3.63, 3.8) is 0 Å². The summed E-state index contributed by atoms with van der Waals surface area (Å²) in [6, 6.07) is 1.86. The molecule has 0 radical (unpaired) electrons. The smallest absolute Gasteiger partial charge is 0.308 e. The Kier molecular flexibility index (Phi) is 4.81. The molecule has 1 N–H and O–H groups in total. The first-order valence-electron chi connectivity index (χ1n) is 5.19. The maximum absolute atomic E-state index is 10.9. The van der Waals surface area contributed by atoms with Gasteiger partial charge in [0.15, 0.2) is 11.5 Å². The van der Waals surface area contributed by atoms with Crippen molar-refractivity contribution in [1.82, 2.24) is 0 Å². The molecule has 0 saturated heterocycles. The molecule has 0 amide bonds. The third-order valence-electron chi connectivity index (χ3n) is 2.48. The largest absolute Gasteiger partial charge is 0.493 e. The number of carboxylic acids is 1. The van der Waals surface area contributed by atoms with E-state index in [9.17, 15) is 4.79 Å². The van der Waals surface area contributed by atoms with Crippen LogP contribution in [0.1, 0.15) is 18.1 Å². The molecule has 0 fully saturated rings. The Hall–Kier alpha value is -1.23. The first-order chi connectivity index (χ1) is 8.04. The molecular formula is C12H15BrO4. The van der Waals surface area contributed by atoms with E-state index in [1.807, 2.05) is 13.0 Å². The standard InChI is InChI=1S/C12H15BrO4/c1-4-7-5-9(16-2)12(17-3)8(11(7)13)6-10(14)15/h5H,4,6H2,1-3H3,(H,14,15). The van der Waals surface area contributed by atoms with Gasteiger partial charge in [0.05, 0.1) is 20.6 Å². The van der Waals surface area contributed by atoms with E-state index in [0.29, 0.717) is 17.1 Å². The van der Waals surface area contributed by atoms with Gasteiger partial charge >= 0.3 is 5.97 Å². The summed E-state index contributed by atoms with van der Waals surface area (Å²) in [6.45, 7) is 2.00. The van der Waals surface area contributed by atoms with Crippen LogP contribution in [0.4, 0.5) is 0 Å². The topological polar surface area (TPSA) is 55.8 Å². The van der Waals surface area contributed by atoms with Crippen LogP contribution in [0.2, 0.25) is 0 Å². The third-order valence-corrected chi connectivity index (χ3v) is 3.47. The van der Waals surface area contributed by atoms with Crippen molar-refractivity contribution in [3.8, 4) is 11.5 Å². The molecule has 0 spiro atoms. The minimum Gasteiger partial charge on any atom is -0.493 e. The van der Waals surface area contributed by atoms with Crippen LogP contribution >= 0.6 is 15.9 Å². The number of benzene rings is 1. The Bertz CT molecular complexity index is 429. The van der Waals surface area contributed by atoms with Gasteiger partial charge < -0.3 is 14.6 Å². The van der Waals surface area contributed by atoms with Crippen molar-refractivity contribution in [1.29, 1.82) is 0 Å². The number of methoxy groups -OCH3 is 2. The highest BCUT2D eigenvalue weighted by Gasteiger charge is 2.19. The van der Waals surface area contributed by atoms with Crippen LogP contribution in [0.3, 0.4) is 0 Å². The van der Waals surface area contributed by atoms with Gasteiger partial charge in [-0.3, -0.25) is 4.79 Å². The van der Waals surface area contributed by atoms with Gasteiger partial charge in [-0.05, 0) is 18.1 Å². The molecule has 17 heavy (non-hydrogen) atoms. The number of hydrogen-bond donors (Lipinski definition) is 1. The number of carbonyl (C=O) groups is 1. The lowest BCUT2D eigenvalue weighted by Crippen LogP contribution is -2.06. The van der Waals surface area contributed by atoms with Crippen LogP contribution in [-0.4, -0.2) is 25.3 Å². The zero-order chi connectivity index (χ0) is 13.0. The molecule has 0 bridgehead atoms. The number of ether oxygens (including phenoxy) is 2. The Balaban J connectivity index is 3.43. The molecule has 94 valence electrons. The fraction of sp³-hybridized carbons (Fsp3) is 0.417. The Morgan fingerprint density at radius 1 is 1.41 bits per heavy atom. The van der Waals surface area contributed by atoms with E-state index in [2.05, 4.69) is 15.9 Å². The summed E-state index contributed by atoms with van der Waals surface area (Å²) in [5.74, 6) is 0.127. The summed E-state index contributed by atoms with van der Waals surface area (Å²) in [6.07, 6.45) is 0.682. The second-order valence-corrected chi connectivity index (χ2v) is 4.28. The van der Waals surface area contributed by atoms with Crippen LogP contribution < -0.4 is 9.47 Å². The zero-order valence-corrected chi connectivity index (χ0v) is 11.6. The van der Waals surface area contributed by atoms with E-state index in [4.69, 9.17) is 14.6 Å². The molecule has 0 aromatic heterocycles. The highest BCUT2D eigenvalue weighted by molar-refractivity contribution is 9.10. The average molecular weight is 303 g/mol. The number of aryl methyl sites for hydroxylation is 1. The fourth-order valence-corrected chi connectivity index (χ4v) is 2.39. The first kappa shape index (κ1) is 13.8. The predicted molar refractivity (Wildman–Crippen MR) is 68.0 cm³/mol. The number of halogens is 1. The molecule has 0 unspecified atom stereocenters. The maximum atomic E-state index is 10.9. The van der Waals surface area contributed by atoms with Gasteiger partial charge in [-0.1, -0.05) is 22.9 Å². The Labute approximate surface area is 109 Å². The molecule has 1 aromatic carbocycles. The van der Waals surface area contributed by atoms with Gasteiger partial charge in [0.25, 0.3) is 0 Å². The second-order valence-electron chi connectivity index (χ2n) is 3.49. The number of aliphatic carboxylic acids is 1. The quantitative estimate of drug-likeness (QED) is 0.908. The van der Waals surface area contributed by atoms with Crippen LogP contribution in [0, 0.1) is 0 Å². The van der Waals surface area contributed by atoms with Crippen molar-refractivity contribution >= 4 is 21.9 Å². The van der Waals surface area contributed by atoms with Crippen LogP contribution in [-0.2, 0) is 17.6 Å². The summed E-state index contributed by atoms with van der Waals surface area (Å²) < 4.78 is 11.2. The van der Waals surface area contributed by atoms with Crippen molar-refractivity contribution in [2.24, 2.45) is 0 Å². The van der Waals surface area contributed by atoms with Crippen LogP contribution in [0.25, 0.3) is 0 Å². The summed E-state index contributed by atoms with van der Waals surface area (Å²) in [5.41, 5.74) is 1.61. The summed E-state index contributed by atoms with van der Waals surface area (Å²) in [5, 5.41) is 8.92. The average Bonchev–Trinajstić information content (AvgIpc) is 2.30. The molecule has 0 aliphatic carbocycles. The first-order valence-corrected chi connectivity index (χ1v) is 5.98. The minimum atomic E-state index is -0.903. The van der Waals surface area contributed by atoms with Gasteiger partial charge in [0.2, 0.25) is 0 Å². The molecule has 5 heteroatoms. The van der Waals surface area contributed by atoms with E-state index in [1.165, 1.54) is 14.2 Å². The lowest BCUT2D eigenvalue weighted by Gasteiger charge is -2.16. The molecule has 0 saturated carbocycles. The number of rotatable bonds is 5. The van der Waals surface area contributed by atoms with E-state index in [-0.39, 0.29) is 6.42 Å². The van der Waals surface area contributed by atoms with E-state index in [1.54, 1.807) is 0 Å². The Morgan fingerprint density at radius 2 is 2.06 bits per heavy atom. The third kappa shape index (κ3) is 2.91. The molecule has 0 heterocycles. The van der Waals surface area contributed by atoms with Crippen LogP contribution in [0.15, 0.2) is 10.5 Å². The van der Waals surface area contributed by atoms with Gasteiger partial charge in [0, 0.05) is 10.0 Å². The molecule has 1 aromatic rings. The van der Waals surface area contributed by atoms with Gasteiger partial charge in [0.1, 0.15) is 0 Å². The SMILES string of the molecule is CCc1cc(OC)c(OC)c(CC(=O)O)c1Br. The molecule has 1 rings (SSSR count). The number of hydrogen-bond acceptors (Lipinski definition) is 3. The van der Waals surface area contributed by atoms with Crippen molar-refractivity contribution in [3.05, 3.63) is 21.7 Å². The Morgan fingerprint density at radius 3 is 2.47 bits per heavy atom. The van der Waals surface area contributed by atoms with Gasteiger partial charge in [-0.2, -0.15) is 0 Å². The molecule has 4 nitrogen and oxygen atoms in total. The normalized spacial score (nSPS) is 10.1. The van der Waals surface area contributed by atoms with Crippen molar-refractivity contribution in [2.75, 3.05) is 14.2 Å². The van der Waals surface area contributed by atoms with Gasteiger partial charge in [-0.15, -0.1) is 0 Å². The summed E-state index contributed by atoms with van der Waals surface area (Å²) >= 11 is 3.43. The zero-order valence-electron chi connectivity index (χ0n) is 10.0. The van der Waals surface area contributed by atoms with E-state index < -0.39 is 5.97 Å². The van der Waals surface area contributed by atoms with Gasteiger partial charge in [-0.25, -0.2) is 0 Å². The van der Waals surface area contributed by atoms with E-state index in [0.717, 1.165) is 16.5 Å². The molecular weight excluding hydrogens is 288 g/mol. The molecule has 0 aliphatic rings. The number of carboxylic acid groups (broad SMARTS) is 1. The van der Waals surface area contributed by atoms with Crippen LogP contribution in [0.5, 0.6) is 11.5 Å². The fourth-order valence-electron chi connectivity index (χ4n) is 1.67. The molecule has 0 aliphatic heterocycles. The molecule has 0 atom stereocenters. The lowest BCUT2D eigenvalue weighted by atomic mass is 10.0. The van der Waals surface area contributed by atoms with E-state index >= 15 is 0 Å².